The zero-order valence-electron chi connectivity index (χ0n) is 11.3. The summed E-state index contributed by atoms with van der Waals surface area (Å²) in [6.45, 7) is 9.23. The Hall–Kier alpha value is -0.510. The van der Waals surface area contributed by atoms with E-state index in [1.807, 2.05) is 27.7 Å². The first-order chi connectivity index (χ1) is 7.64. The van der Waals surface area contributed by atoms with Crippen molar-refractivity contribution in [3.8, 4) is 0 Å². The van der Waals surface area contributed by atoms with E-state index in [0.717, 1.165) is 0 Å². The van der Waals surface area contributed by atoms with E-state index in [0.29, 0.717) is 6.42 Å². The quantitative estimate of drug-likeness (QED) is 0.813. The van der Waals surface area contributed by atoms with Gasteiger partial charge in [-0.15, -0.1) is 0 Å². The monoisotopic (exact) mass is 247 g/mol. The van der Waals surface area contributed by atoms with Crippen LogP contribution in [0.1, 0.15) is 41.0 Å². The molecule has 0 aromatic heterocycles. The number of carbonyl (C=O) groups excluding carboxylic acids is 1. The fourth-order valence-electron chi connectivity index (χ4n) is 2.46. The van der Waals surface area contributed by atoms with E-state index in [1.54, 1.807) is 6.92 Å². The number of Topliss-reactive ketones (excluding diaryl/α,β-unsaturated/α-hetero) is 1. The summed E-state index contributed by atoms with van der Waals surface area (Å²) in [6.07, 6.45) is -1.90. The molecule has 1 aliphatic heterocycles. The number of halogens is 2. The zero-order chi connectivity index (χ0) is 13.4. The van der Waals surface area contributed by atoms with Gasteiger partial charge in [0.25, 0.3) is 0 Å². The van der Waals surface area contributed by atoms with Crippen molar-refractivity contribution in [3.05, 3.63) is 0 Å². The first-order valence-electron chi connectivity index (χ1n) is 6.23. The number of alkyl halides is 2. The maximum atomic E-state index is 12.8. The molecule has 2 nitrogen and oxygen atoms in total. The van der Waals surface area contributed by atoms with Crippen LogP contribution in [0.15, 0.2) is 0 Å². The molecule has 4 unspecified atom stereocenters. The second-order valence-corrected chi connectivity index (χ2v) is 6.26. The van der Waals surface area contributed by atoms with Gasteiger partial charge in [-0.3, -0.25) is 4.79 Å². The average molecular weight is 247 g/mol. The Morgan fingerprint density at radius 3 is 2.24 bits per heavy atom. The minimum absolute atomic E-state index is 0.0306. The van der Waals surface area contributed by atoms with Gasteiger partial charge in [-0.25, -0.2) is 8.78 Å². The lowest BCUT2D eigenvalue weighted by Gasteiger charge is -2.41. The molecule has 0 aliphatic carbocycles. The molecule has 0 aromatic rings. The minimum Gasteiger partial charge on any atom is -0.304 e. The second-order valence-electron chi connectivity index (χ2n) is 6.26. The molecule has 100 valence electrons. The number of carbonyl (C=O) groups is 1. The number of rotatable bonds is 2. The van der Waals surface area contributed by atoms with E-state index in [2.05, 4.69) is 5.32 Å². The van der Waals surface area contributed by atoms with Crippen molar-refractivity contribution in [3.63, 3.8) is 0 Å². The number of piperidine rings is 1. The molecule has 4 atom stereocenters. The zero-order valence-corrected chi connectivity index (χ0v) is 11.3. The van der Waals surface area contributed by atoms with Crippen LogP contribution in [-0.2, 0) is 4.79 Å². The maximum Gasteiger partial charge on any atom is 0.242 e. The Bertz CT molecular complexity index is 286. The SMILES string of the molecule is CC1CC(C(F)F)C(C)NC1C(=O)C(C)(C)C. The van der Waals surface area contributed by atoms with Crippen LogP contribution in [0.3, 0.4) is 0 Å². The van der Waals surface area contributed by atoms with Gasteiger partial charge in [0, 0.05) is 17.4 Å². The van der Waals surface area contributed by atoms with Crippen molar-refractivity contribution < 1.29 is 13.6 Å². The van der Waals surface area contributed by atoms with Crippen molar-refractivity contribution in [2.24, 2.45) is 17.3 Å². The molecule has 1 heterocycles. The van der Waals surface area contributed by atoms with Gasteiger partial charge in [0.15, 0.2) is 5.78 Å². The molecule has 1 saturated heterocycles. The predicted molar refractivity (Wildman–Crippen MR) is 64.1 cm³/mol. The molecular weight excluding hydrogens is 224 g/mol. The fraction of sp³-hybridized carbons (Fsp3) is 0.923. The molecule has 4 heteroatoms. The predicted octanol–water partition coefficient (Wildman–Crippen LogP) is 2.87. The van der Waals surface area contributed by atoms with E-state index < -0.39 is 17.8 Å². The van der Waals surface area contributed by atoms with Crippen LogP contribution < -0.4 is 5.32 Å². The van der Waals surface area contributed by atoms with Crippen molar-refractivity contribution in [2.45, 2.75) is 59.5 Å². The lowest BCUT2D eigenvalue weighted by molar-refractivity contribution is -0.132. The Labute approximate surface area is 102 Å². The van der Waals surface area contributed by atoms with Gasteiger partial charge in [-0.2, -0.15) is 0 Å². The highest BCUT2D eigenvalue weighted by molar-refractivity contribution is 5.89. The summed E-state index contributed by atoms with van der Waals surface area (Å²) < 4.78 is 25.6. The largest absolute Gasteiger partial charge is 0.304 e. The lowest BCUT2D eigenvalue weighted by atomic mass is 9.75. The molecule has 0 amide bonds. The van der Waals surface area contributed by atoms with Crippen LogP contribution >= 0.6 is 0 Å². The smallest absolute Gasteiger partial charge is 0.242 e. The summed E-state index contributed by atoms with van der Waals surface area (Å²) in [5, 5.41) is 3.07. The summed E-state index contributed by atoms with van der Waals surface area (Å²) in [5.74, 6) is -0.560. The highest BCUT2D eigenvalue weighted by Gasteiger charge is 2.42. The molecule has 1 rings (SSSR count). The summed E-state index contributed by atoms with van der Waals surface area (Å²) in [5.41, 5.74) is -0.427. The molecule has 0 aromatic carbocycles. The Balaban J connectivity index is 2.77. The molecule has 0 spiro atoms. The summed E-state index contributed by atoms with van der Waals surface area (Å²) in [6, 6.07) is -0.595. The fourth-order valence-corrected chi connectivity index (χ4v) is 2.46. The van der Waals surface area contributed by atoms with Crippen LogP contribution in [0, 0.1) is 17.3 Å². The molecule has 1 fully saturated rings. The maximum absolute atomic E-state index is 12.8. The van der Waals surface area contributed by atoms with Gasteiger partial charge in [-0.1, -0.05) is 27.7 Å². The molecule has 1 aliphatic rings. The Morgan fingerprint density at radius 1 is 1.29 bits per heavy atom. The minimum atomic E-state index is -2.31. The molecule has 17 heavy (non-hydrogen) atoms. The average Bonchev–Trinajstić information content (AvgIpc) is 2.18. The van der Waals surface area contributed by atoms with Crippen LogP contribution in [0.2, 0.25) is 0 Å². The topological polar surface area (TPSA) is 29.1 Å². The molecule has 0 bridgehead atoms. The third-order valence-corrected chi connectivity index (χ3v) is 3.64. The second kappa shape index (κ2) is 5.01. The molecule has 1 N–H and O–H groups in total. The van der Waals surface area contributed by atoms with E-state index in [-0.39, 0.29) is 23.8 Å². The van der Waals surface area contributed by atoms with Gasteiger partial charge in [0.1, 0.15) is 0 Å². The normalized spacial score (nSPS) is 35.1. The summed E-state index contributed by atoms with van der Waals surface area (Å²) in [7, 11) is 0. The van der Waals surface area contributed by atoms with E-state index in [9.17, 15) is 13.6 Å². The highest BCUT2D eigenvalue weighted by Crippen LogP contribution is 2.32. The van der Waals surface area contributed by atoms with Gasteiger partial charge in [-0.05, 0) is 19.3 Å². The number of hydrogen-bond acceptors (Lipinski definition) is 2. The van der Waals surface area contributed by atoms with Gasteiger partial charge in [0.2, 0.25) is 6.43 Å². The van der Waals surface area contributed by atoms with Crippen LogP contribution in [0.4, 0.5) is 8.78 Å². The van der Waals surface area contributed by atoms with Crippen LogP contribution in [0.5, 0.6) is 0 Å². The Kier molecular flexibility index (Phi) is 4.28. The highest BCUT2D eigenvalue weighted by atomic mass is 19.3. The standard InChI is InChI=1S/C13H23F2NO/c1-7-6-9(12(14)15)8(2)16-10(7)11(17)13(3,4)5/h7-10,12,16H,6H2,1-5H3. The van der Waals surface area contributed by atoms with Gasteiger partial charge < -0.3 is 5.32 Å². The van der Waals surface area contributed by atoms with Gasteiger partial charge >= 0.3 is 0 Å². The number of nitrogens with one attached hydrogen (secondary N) is 1. The molecule has 0 radical (unpaired) electrons. The Morgan fingerprint density at radius 2 is 1.82 bits per heavy atom. The summed E-state index contributed by atoms with van der Waals surface area (Å²) >= 11 is 0. The third-order valence-electron chi connectivity index (χ3n) is 3.64. The lowest BCUT2D eigenvalue weighted by Crippen LogP contribution is -2.57. The van der Waals surface area contributed by atoms with E-state index >= 15 is 0 Å². The summed E-state index contributed by atoms with van der Waals surface area (Å²) in [4.78, 5) is 12.2. The van der Waals surface area contributed by atoms with Gasteiger partial charge in [0.05, 0.1) is 6.04 Å². The van der Waals surface area contributed by atoms with E-state index in [4.69, 9.17) is 0 Å². The van der Waals surface area contributed by atoms with Crippen LogP contribution in [0.25, 0.3) is 0 Å². The van der Waals surface area contributed by atoms with Crippen molar-refractivity contribution in [1.29, 1.82) is 0 Å². The number of ketones is 1. The van der Waals surface area contributed by atoms with Crippen LogP contribution in [-0.4, -0.2) is 24.3 Å². The molecular formula is C13H23F2NO. The first kappa shape index (κ1) is 14.6. The van der Waals surface area contributed by atoms with Crippen molar-refractivity contribution in [1.82, 2.24) is 5.32 Å². The van der Waals surface area contributed by atoms with Crippen molar-refractivity contribution >= 4 is 5.78 Å². The molecule has 0 saturated carbocycles. The van der Waals surface area contributed by atoms with E-state index in [1.165, 1.54) is 0 Å². The third kappa shape index (κ3) is 3.24. The van der Waals surface area contributed by atoms with Crippen molar-refractivity contribution in [2.75, 3.05) is 0 Å². The first-order valence-corrected chi connectivity index (χ1v) is 6.23. The number of hydrogen-bond donors (Lipinski definition) is 1.